The molecule has 102 valence electrons. The predicted octanol–water partition coefficient (Wildman–Crippen LogP) is 2.19. The summed E-state index contributed by atoms with van der Waals surface area (Å²) in [6.45, 7) is -2.20. The van der Waals surface area contributed by atoms with E-state index >= 15 is 0 Å². The van der Waals surface area contributed by atoms with E-state index in [4.69, 9.17) is 21.8 Å². The average Bonchev–Trinajstić information content (AvgIpc) is 2.26. The minimum atomic E-state index is -4.39. The molecule has 0 spiro atoms. The fraction of sp³-hybridized carbons (Fsp3) is 0.455. The molecule has 0 fully saturated rings. The molecule has 0 amide bonds. The maximum absolute atomic E-state index is 12.4. The third-order valence-corrected chi connectivity index (χ3v) is 2.53. The Hall–Kier alpha value is -0.980. The number of halogens is 4. The van der Waals surface area contributed by atoms with Crippen molar-refractivity contribution in [3.8, 4) is 0 Å². The number of aliphatic hydroxyl groups is 2. The summed E-state index contributed by atoms with van der Waals surface area (Å²) >= 11 is 5.71. The van der Waals surface area contributed by atoms with Gasteiger partial charge in [0.15, 0.2) is 0 Å². The quantitative estimate of drug-likeness (QED) is 0.871. The van der Waals surface area contributed by atoms with Crippen LogP contribution in [-0.4, -0.2) is 36.1 Å². The number of hydrogen-bond donors (Lipinski definition) is 2. The first-order chi connectivity index (χ1) is 8.37. The SMILES string of the molecule is OCCN(CC(F)(F)F)c1ccc(Cl)cc1CO. The normalized spacial score (nSPS) is 11.7. The Bertz CT molecular complexity index is 398. The number of hydrogen-bond acceptors (Lipinski definition) is 3. The van der Waals surface area contributed by atoms with Crippen LogP contribution in [-0.2, 0) is 6.61 Å². The van der Waals surface area contributed by atoms with Gasteiger partial charge in [0.2, 0.25) is 0 Å². The van der Waals surface area contributed by atoms with Gasteiger partial charge in [-0.25, -0.2) is 0 Å². The van der Waals surface area contributed by atoms with Crippen molar-refractivity contribution in [3.05, 3.63) is 28.8 Å². The Labute approximate surface area is 107 Å². The fourth-order valence-electron chi connectivity index (χ4n) is 1.61. The van der Waals surface area contributed by atoms with Gasteiger partial charge in [0.25, 0.3) is 0 Å². The summed E-state index contributed by atoms with van der Waals surface area (Å²) in [5.41, 5.74) is 0.508. The predicted molar refractivity (Wildman–Crippen MR) is 62.7 cm³/mol. The monoisotopic (exact) mass is 283 g/mol. The zero-order valence-corrected chi connectivity index (χ0v) is 10.2. The van der Waals surface area contributed by atoms with Gasteiger partial charge in [-0.05, 0) is 18.2 Å². The van der Waals surface area contributed by atoms with Gasteiger partial charge in [-0.3, -0.25) is 0 Å². The molecule has 0 heterocycles. The lowest BCUT2D eigenvalue weighted by Gasteiger charge is -2.27. The van der Waals surface area contributed by atoms with Crippen LogP contribution in [0.15, 0.2) is 18.2 Å². The Morgan fingerprint density at radius 2 is 1.89 bits per heavy atom. The van der Waals surface area contributed by atoms with E-state index in [2.05, 4.69) is 0 Å². The van der Waals surface area contributed by atoms with Crippen LogP contribution in [0.3, 0.4) is 0 Å². The van der Waals surface area contributed by atoms with Crippen LogP contribution >= 0.6 is 11.6 Å². The Balaban J connectivity index is 3.04. The molecule has 2 N–H and O–H groups in total. The molecule has 0 bridgehead atoms. The van der Waals surface area contributed by atoms with Crippen LogP contribution in [0.2, 0.25) is 5.02 Å². The van der Waals surface area contributed by atoms with E-state index in [0.29, 0.717) is 10.6 Å². The molecule has 1 aromatic rings. The van der Waals surface area contributed by atoms with Gasteiger partial charge in [0.05, 0.1) is 13.2 Å². The van der Waals surface area contributed by atoms with Gasteiger partial charge in [-0.2, -0.15) is 13.2 Å². The molecule has 0 aliphatic carbocycles. The maximum atomic E-state index is 12.4. The van der Waals surface area contributed by atoms with E-state index < -0.39 is 25.9 Å². The highest BCUT2D eigenvalue weighted by atomic mass is 35.5. The second-order valence-corrected chi connectivity index (χ2v) is 4.13. The number of rotatable bonds is 5. The van der Waals surface area contributed by atoms with Crippen LogP contribution in [0, 0.1) is 0 Å². The number of benzene rings is 1. The Kier molecular flexibility index (Phi) is 5.25. The van der Waals surface area contributed by atoms with E-state index in [-0.39, 0.29) is 12.2 Å². The van der Waals surface area contributed by atoms with Crippen molar-refractivity contribution in [3.63, 3.8) is 0 Å². The lowest BCUT2D eigenvalue weighted by Crippen LogP contribution is -2.36. The molecule has 0 unspecified atom stereocenters. The number of nitrogens with zero attached hydrogens (tertiary/aromatic N) is 1. The maximum Gasteiger partial charge on any atom is 0.405 e. The van der Waals surface area contributed by atoms with Crippen molar-refractivity contribution in [2.24, 2.45) is 0 Å². The average molecular weight is 284 g/mol. The summed E-state index contributed by atoms with van der Waals surface area (Å²) in [6, 6.07) is 4.24. The highest BCUT2D eigenvalue weighted by molar-refractivity contribution is 6.30. The molecule has 0 aliphatic rings. The van der Waals surface area contributed by atoms with Gasteiger partial charge >= 0.3 is 6.18 Å². The molecular formula is C11H13ClF3NO2. The van der Waals surface area contributed by atoms with Gasteiger partial charge < -0.3 is 15.1 Å². The zero-order valence-electron chi connectivity index (χ0n) is 9.41. The molecule has 7 heteroatoms. The van der Waals surface area contributed by atoms with Gasteiger partial charge in [0.1, 0.15) is 6.54 Å². The molecule has 1 rings (SSSR count). The lowest BCUT2D eigenvalue weighted by atomic mass is 10.1. The van der Waals surface area contributed by atoms with Gasteiger partial charge in [0, 0.05) is 22.8 Å². The largest absolute Gasteiger partial charge is 0.405 e. The van der Waals surface area contributed by atoms with Crippen molar-refractivity contribution >= 4 is 17.3 Å². The van der Waals surface area contributed by atoms with Crippen molar-refractivity contribution in [2.75, 3.05) is 24.6 Å². The van der Waals surface area contributed by atoms with Gasteiger partial charge in [-0.1, -0.05) is 11.6 Å². The van der Waals surface area contributed by atoms with Crippen molar-refractivity contribution < 1.29 is 23.4 Å². The summed E-state index contributed by atoms with van der Waals surface area (Å²) < 4.78 is 37.3. The first-order valence-corrected chi connectivity index (χ1v) is 5.57. The third kappa shape index (κ3) is 4.36. The molecule has 18 heavy (non-hydrogen) atoms. The minimum Gasteiger partial charge on any atom is -0.395 e. The van der Waals surface area contributed by atoms with Crippen LogP contribution in [0.5, 0.6) is 0 Å². The molecular weight excluding hydrogens is 271 g/mol. The summed E-state index contributed by atoms with van der Waals surface area (Å²) in [5, 5.41) is 18.3. The molecule has 0 saturated heterocycles. The first-order valence-electron chi connectivity index (χ1n) is 5.19. The minimum absolute atomic E-state index is 0.172. The van der Waals surface area contributed by atoms with E-state index in [0.717, 1.165) is 4.90 Å². The molecule has 3 nitrogen and oxygen atoms in total. The van der Waals surface area contributed by atoms with E-state index in [1.165, 1.54) is 18.2 Å². The smallest absolute Gasteiger partial charge is 0.395 e. The third-order valence-electron chi connectivity index (χ3n) is 2.29. The summed E-state index contributed by atoms with van der Waals surface area (Å²) in [6.07, 6.45) is -4.39. The van der Waals surface area contributed by atoms with Gasteiger partial charge in [-0.15, -0.1) is 0 Å². The van der Waals surface area contributed by atoms with Crippen molar-refractivity contribution in [2.45, 2.75) is 12.8 Å². The van der Waals surface area contributed by atoms with Crippen LogP contribution in [0.4, 0.5) is 18.9 Å². The van der Waals surface area contributed by atoms with E-state index in [9.17, 15) is 13.2 Å². The number of anilines is 1. The zero-order chi connectivity index (χ0) is 13.8. The van der Waals surface area contributed by atoms with E-state index in [1.807, 2.05) is 0 Å². The molecule has 0 atom stereocenters. The molecule has 1 aromatic carbocycles. The summed E-state index contributed by atoms with van der Waals surface area (Å²) in [5.74, 6) is 0. The highest BCUT2D eigenvalue weighted by Gasteiger charge is 2.31. The molecule has 0 saturated carbocycles. The highest BCUT2D eigenvalue weighted by Crippen LogP contribution is 2.27. The van der Waals surface area contributed by atoms with Crippen LogP contribution in [0.1, 0.15) is 5.56 Å². The van der Waals surface area contributed by atoms with E-state index in [1.54, 1.807) is 0 Å². The topological polar surface area (TPSA) is 43.7 Å². The number of alkyl halides is 3. The molecule has 0 radical (unpaired) electrons. The second kappa shape index (κ2) is 6.26. The summed E-state index contributed by atoms with van der Waals surface area (Å²) in [4.78, 5) is 0.960. The fourth-order valence-corrected chi connectivity index (χ4v) is 1.81. The van der Waals surface area contributed by atoms with Crippen LogP contribution in [0.25, 0.3) is 0 Å². The first kappa shape index (κ1) is 15.1. The Morgan fingerprint density at radius 1 is 1.22 bits per heavy atom. The standard InChI is InChI=1S/C11H13ClF3NO2/c12-9-1-2-10(8(5-9)6-18)16(3-4-17)7-11(13,14)15/h1-2,5,17-18H,3-4,6-7H2. The molecule has 0 aromatic heterocycles. The van der Waals surface area contributed by atoms with Crippen LogP contribution < -0.4 is 4.90 Å². The summed E-state index contributed by atoms with van der Waals surface area (Å²) in [7, 11) is 0. The van der Waals surface area contributed by atoms with Crippen molar-refractivity contribution in [1.29, 1.82) is 0 Å². The van der Waals surface area contributed by atoms with Crippen molar-refractivity contribution in [1.82, 2.24) is 0 Å². The second-order valence-electron chi connectivity index (χ2n) is 3.69. The lowest BCUT2D eigenvalue weighted by molar-refractivity contribution is -0.119. The number of aliphatic hydroxyl groups excluding tert-OH is 2. The Morgan fingerprint density at radius 3 is 2.39 bits per heavy atom. The molecule has 0 aliphatic heterocycles.